The highest BCUT2D eigenvalue weighted by molar-refractivity contribution is 7.17. The largest absolute Gasteiger partial charge is 0.465 e. The van der Waals surface area contributed by atoms with Gasteiger partial charge in [-0.15, -0.1) is 11.3 Å². The number of allylic oxidation sites excluding steroid dienone is 2. The number of hydrogen-bond donors (Lipinski definition) is 1. The first kappa shape index (κ1) is 12.3. The monoisotopic (exact) mass is 236 g/mol. The van der Waals surface area contributed by atoms with E-state index < -0.39 is 5.97 Å². The van der Waals surface area contributed by atoms with Crippen LogP contribution in [0.4, 0.5) is 5.00 Å². The molecule has 84 valence electrons. The van der Waals surface area contributed by atoms with Crippen molar-refractivity contribution in [3.63, 3.8) is 0 Å². The van der Waals surface area contributed by atoms with E-state index in [-0.39, 0.29) is 0 Å². The summed E-state index contributed by atoms with van der Waals surface area (Å²) in [6, 6.07) is 1.95. The molecule has 0 amide bonds. The van der Waals surface area contributed by atoms with Gasteiger partial charge in [-0.2, -0.15) is 5.26 Å². The van der Waals surface area contributed by atoms with Crippen LogP contribution in [0.5, 0.6) is 0 Å². The summed E-state index contributed by atoms with van der Waals surface area (Å²) in [6.45, 7) is 3.60. The number of carbonyl (C=O) groups is 1. The van der Waals surface area contributed by atoms with E-state index in [1.807, 2.05) is 13.0 Å². The van der Waals surface area contributed by atoms with Crippen LogP contribution >= 0.6 is 11.3 Å². The highest BCUT2D eigenvalue weighted by Crippen LogP contribution is 2.35. The van der Waals surface area contributed by atoms with Gasteiger partial charge in [-0.3, -0.25) is 0 Å². The smallest absolute Gasteiger partial charge is 0.341 e. The molecular weight excluding hydrogens is 224 g/mol. The van der Waals surface area contributed by atoms with Gasteiger partial charge in [-0.25, -0.2) is 4.79 Å². The van der Waals surface area contributed by atoms with Gasteiger partial charge in [0.2, 0.25) is 0 Å². The summed E-state index contributed by atoms with van der Waals surface area (Å²) in [7, 11) is 1.32. The van der Waals surface area contributed by atoms with Gasteiger partial charge < -0.3 is 10.5 Å². The first-order valence-electron chi connectivity index (χ1n) is 4.56. The van der Waals surface area contributed by atoms with E-state index in [2.05, 4.69) is 4.74 Å². The van der Waals surface area contributed by atoms with Gasteiger partial charge in [0.05, 0.1) is 18.7 Å². The quantitative estimate of drug-likeness (QED) is 0.631. The number of carbonyl (C=O) groups excluding carboxylic acids is 1. The van der Waals surface area contributed by atoms with Gasteiger partial charge in [0.1, 0.15) is 5.00 Å². The summed E-state index contributed by atoms with van der Waals surface area (Å²) in [5.41, 5.74) is 7.72. The molecule has 0 unspecified atom stereocenters. The van der Waals surface area contributed by atoms with Crippen LogP contribution in [0.1, 0.15) is 27.7 Å². The third-order valence-electron chi connectivity index (χ3n) is 2.20. The SMILES string of the molecule is COC(=O)c1c(N)sc(/C(C)=C/C#N)c1C. The fraction of sp³-hybridized carbons (Fsp3) is 0.273. The lowest BCUT2D eigenvalue weighted by Crippen LogP contribution is -2.04. The molecule has 0 aromatic carbocycles. The number of nitrogen functional groups attached to an aromatic ring is 1. The van der Waals surface area contributed by atoms with Gasteiger partial charge in [0.25, 0.3) is 0 Å². The molecule has 0 aliphatic carbocycles. The average molecular weight is 236 g/mol. The summed E-state index contributed by atoms with van der Waals surface area (Å²) >= 11 is 1.29. The zero-order valence-corrected chi connectivity index (χ0v) is 10.1. The minimum Gasteiger partial charge on any atom is -0.465 e. The van der Waals surface area contributed by atoms with Crippen molar-refractivity contribution >= 4 is 27.9 Å². The van der Waals surface area contributed by atoms with Gasteiger partial charge in [0.15, 0.2) is 0 Å². The van der Waals surface area contributed by atoms with E-state index in [0.29, 0.717) is 10.6 Å². The summed E-state index contributed by atoms with van der Waals surface area (Å²) in [4.78, 5) is 12.3. The van der Waals surface area contributed by atoms with Crippen LogP contribution in [0.3, 0.4) is 0 Å². The van der Waals surface area contributed by atoms with E-state index in [1.54, 1.807) is 6.92 Å². The third-order valence-corrected chi connectivity index (χ3v) is 3.46. The Labute approximate surface area is 97.9 Å². The summed E-state index contributed by atoms with van der Waals surface area (Å²) < 4.78 is 4.65. The molecule has 0 saturated heterocycles. The van der Waals surface area contributed by atoms with Crippen LogP contribution in [0.25, 0.3) is 5.57 Å². The predicted octanol–water partition coefficient (Wildman–Crippen LogP) is 2.35. The van der Waals surface area contributed by atoms with Crippen molar-refractivity contribution < 1.29 is 9.53 Å². The topological polar surface area (TPSA) is 76.1 Å². The van der Waals surface area contributed by atoms with E-state index in [9.17, 15) is 4.79 Å². The summed E-state index contributed by atoms with van der Waals surface area (Å²) in [5, 5.41) is 9.00. The predicted molar refractivity (Wildman–Crippen MR) is 64.1 cm³/mol. The van der Waals surface area contributed by atoms with Crippen LogP contribution < -0.4 is 5.73 Å². The van der Waals surface area contributed by atoms with Gasteiger partial charge >= 0.3 is 5.97 Å². The first-order valence-corrected chi connectivity index (χ1v) is 5.38. The zero-order chi connectivity index (χ0) is 12.3. The van der Waals surface area contributed by atoms with E-state index in [1.165, 1.54) is 24.5 Å². The Morgan fingerprint density at radius 1 is 1.62 bits per heavy atom. The van der Waals surface area contributed by atoms with Crippen molar-refractivity contribution in [1.82, 2.24) is 0 Å². The van der Waals surface area contributed by atoms with Crippen LogP contribution in [0, 0.1) is 18.3 Å². The molecule has 0 atom stereocenters. The van der Waals surface area contributed by atoms with Crippen molar-refractivity contribution in [2.75, 3.05) is 12.8 Å². The van der Waals surface area contributed by atoms with Crippen molar-refractivity contribution in [3.8, 4) is 6.07 Å². The Bertz CT molecular complexity index is 495. The molecule has 0 bridgehead atoms. The minimum atomic E-state index is -0.442. The van der Waals surface area contributed by atoms with Crippen LogP contribution in [-0.2, 0) is 4.74 Å². The molecule has 0 aliphatic heterocycles. The fourth-order valence-corrected chi connectivity index (χ4v) is 2.46. The highest BCUT2D eigenvalue weighted by Gasteiger charge is 2.20. The minimum absolute atomic E-state index is 0.396. The Morgan fingerprint density at radius 3 is 2.75 bits per heavy atom. The molecule has 2 N–H and O–H groups in total. The maximum absolute atomic E-state index is 11.5. The third kappa shape index (κ3) is 2.07. The number of esters is 1. The molecule has 4 nitrogen and oxygen atoms in total. The number of ether oxygens (including phenoxy) is 1. The maximum atomic E-state index is 11.5. The van der Waals surface area contributed by atoms with Gasteiger partial charge in [-0.05, 0) is 25.0 Å². The molecule has 0 saturated carbocycles. The molecule has 16 heavy (non-hydrogen) atoms. The zero-order valence-electron chi connectivity index (χ0n) is 9.33. The Hall–Kier alpha value is -1.80. The summed E-state index contributed by atoms with van der Waals surface area (Å²) in [6.07, 6.45) is 1.43. The molecule has 0 radical (unpaired) electrons. The van der Waals surface area contributed by atoms with E-state index in [4.69, 9.17) is 11.0 Å². The van der Waals surface area contributed by atoms with Gasteiger partial charge in [-0.1, -0.05) is 0 Å². The number of nitriles is 1. The molecule has 5 heteroatoms. The number of hydrogen-bond acceptors (Lipinski definition) is 5. The second kappa shape index (κ2) is 4.81. The van der Waals surface area contributed by atoms with Gasteiger partial charge in [0, 0.05) is 11.0 Å². The van der Waals surface area contributed by atoms with Crippen molar-refractivity contribution in [2.45, 2.75) is 13.8 Å². The Kier molecular flexibility index (Phi) is 3.69. The summed E-state index contributed by atoms with van der Waals surface area (Å²) in [5.74, 6) is -0.442. The first-order chi connectivity index (χ1) is 7.52. The standard InChI is InChI=1S/C11H12N2O2S/c1-6(4-5-12)9-7(2)8(10(13)16-9)11(14)15-3/h4H,13H2,1-3H3/b6-4+. The number of thiophene rings is 1. The molecule has 0 aliphatic rings. The number of nitrogens with two attached hydrogens (primary N) is 1. The van der Waals surface area contributed by atoms with E-state index >= 15 is 0 Å². The molecule has 0 spiro atoms. The van der Waals surface area contributed by atoms with E-state index in [0.717, 1.165) is 16.0 Å². The molecule has 1 aromatic rings. The van der Waals surface area contributed by atoms with Crippen molar-refractivity contribution in [1.29, 1.82) is 5.26 Å². The van der Waals surface area contributed by atoms with Crippen molar-refractivity contribution in [3.05, 3.63) is 22.1 Å². The molecule has 0 fully saturated rings. The van der Waals surface area contributed by atoms with Crippen molar-refractivity contribution in [2.24, 2.45) is 0 Å². The number of rotatable bonds is 2. The number of nitrogens with zero attached hydrogens (tertiary/aromatic N) is 1. The van der Waals surface area contributed by atoms with Crippen LogP contribution in [0.15, 0.2) is 6.08 Å². The van der Waals surface area contributed by atoms with Crippen LogP contribution in [0.2, 0.25) is 0 Å². The molecule has 1 rings (SSSR count). The molecule has 1 heterocycles. The van der Waals surface area contributed by atoms with Crippen LogP contribution in [-0.4, -0.2) is 13.1 Å². The number of anilines is 1. The maximum Gasteiger partial charge on any atom is 0.341 e. The number of methoxy groups -OCH3 is 1. The normalized spacial score (nSPS) is 11.0. The second-order valence-corrected chi connectivity index (χ2v) is 4.30. The second-order valence-electron chi connectivity index (χ2n) is 3.24. The highest BCUT2D eigenvalue weighted by atomic mass is 32.1. The Morgan fingerprint density at radius 2 is 2.25 bits per heavy atom. The lowest BCUT2D eigenvalue weighted by molar-refractivity contribution is 0.0601. The lowest BCUT2D eigenvalue weighted by atomic mass is 10.1. The fourth-order valence-electron chi connectivity index (χ4n) is 1.43. The lowest BCUT2D eigenvalue weighted by Gasteiger charge is -2.00. The average Bonchev–Trinajstić information content (AvgIpc) is 2.54. The molecular formula is C11H12N2O2S. The Balaban J connectivity index is 3.33. The molecule has 1 aromatic heterocycles.